The molecule has 0 radical (unpaired) electrons. The number of para-hydroxylation sites is 3. The van der Waals surface area contributed by atoms with Gasteiger partial charge in [0.25, 0.3) is 0 Å². The van der Waals surface area contributed by atoms with Gasteiger partial charge in [-0.1, -0.05) is 47.4 Å². The summed E-state index contributed by atoms with van der Waals surface area (Å²) < 4.78 is 6.35. The molecule has 1 heterocycles. The SMILES string of the molecule is CCOc1ccccc1Nc1nnc(SC(C)C(=O)Nc2ccccc2SC)s1. The zero-order chi connectivity index (χ0) is 20.6. The van der Waals surface area contributed by atoms with Crippen LogP contribution in [0.1, 0.15) is 13.8 Å². The van der Waals surface area contributed by atoms with Crippen LogP contribution in [0.15, 0.2) is 57.8 Å². The highest BCUT2D eigenvalue weighted by molar-refractivity contribution is 8.02. The summed E-state index contributed by atoms with van der Waals surface area (Å²) in [6.07, 6.45) is 1.99. The molecule has 0 aliphatic heterocycles. The van der Waals surface area contributed by atoms with E-state index < -0.39 is 0 Å². The van der Waals surface area contributed by atoms with E-state index in [9.17, 15) is 4.79 Å². The number of carbonyl (C=O) groups excluding carboxylic acids is 1. The van der Waals surface area contributed by atoms with Gasteiger partial charge in [-0.05, 0) is 44.4 Å². The summed E-state index contributed by atoms with van der Waals surface area (Å²) in [6.45, 7) is 4.39. The van der Waals surface area contributed by atoms with E-state index in [4.69, 9.17) is 4.74 Å². The second-order valence-corrected chi connectivity index (χ2v) is 9.29. The molecule has 1 atom stereocenters. The zero-order valence-corrected chi connectivity index (χ0v) is 18.8. The minimum absolute atomic E-state index is 0.0668. The van der Waals surface area contributed by atoms with Crippen LogP contribution in [0.4, 0.5) is 16.5 Å². The van der Waals surface area contributed by atoms with Crippen LogP contribution >= 0.6 is 34.9 Å². The first-order chi connectivity index (χ1) is 14.1. The predicted molar refractivity (Wildman–Crippen MR) is 123 cm³/mol. The maximum Gasteiger partial charge on any atom is 0.237 e. The van der Waals surface area contributed by atoms with E-state index in [0.29, 0.717) is 11.7 Å². The molecule has 1 aromatic heterocycles. The molecular formula is C20H22N4O2S3. The molecule has 29 heavy (non-hydrogen) atoms. The molecule has 0 fully saturated rings. The molecule has 0 spiro atoms. The molecule has 0 bridgehead atoms. The first kappa shape index (κ1) is 21.5. The molecule has 2 aromatic carbocycles. The van der Waals surface area contributed by atoms with Gasteiger partial charge in [-0.15, -0.1) is 22.0 Å². The number of ether oxygens (including phenoxy) is 1. The van der Waals surface area contributed by atoms with Gasteiger partial charge in [-0.3, -0.25) is 4.79 Å². The number of hydrogen-bond donors (Lipinski definition) is 2. The van der Waals surface area contributed by atoms with Crippen molar-refractivity contribution in [2.45, 2.75) is 28.3 Å². The minimum atomic E-state index is -0.304. The Morgan fingerprint density at radius 2 is 1.86 bits per heavy atom. The Bertz CT molecular complexity index is 964. The largest absolute Gasteiger partial charge is 0.492 e. The Morgan fingerprint density at radius 1 is 1.14 bits per heavy atom. The molecule has 6 nitrogen and oxygen atoms in total. The Labute approximate surface area is 182 Å². The number of thioether (sulfide) groups is 2. The smallest absolute Gasteiger partial charge is 0.237 e. The molecule has 1 amide bonds. The Balaban J connectivity index is 1.61. The standard InChI is InChI=1S/C20H22N4O2S3/c1-4-26-16-11-7-5-9-14(16)22-19-23-24-20(29-19)28-13(2)18(25)21-15-10-6-8-12-17(15)27-3/h5-13H,4H2,1-3H3,(H,21,25)(H,22,23). The monoisotopic (exact) mass is 446 g/mol. The van der Waals surface area contributed by atoms with Crippen LogP contribution in [-0.4, -0.2) is 34.2 Å². The van der Waals surface area contributed by atoms with Crippen molar-refractivity contribution >= 4 is 57.3 Å². The van der Waals surface area contributed by atoms with Crippen molar-refractivity contribution in [2.75, 3.05) is 23.5 Å². The lowest BCUT2D eigenvalue weighted by molar-refractivity contribution is -0.115. The van der Waals surface area contributed by atoms with E-state index in [-0.39, 0.29) is 11.2 Å². The maximum atomic E-state index is 12.6. The number of nitrogens with zero attached hydrogens (tertiary/aromatic N) is 2. The van der Waals surface area contributed by atoms with Gasteiger partial charge in [-0.25, -0.2) is 0 Å². The molecule has 1 unspecified atom stereocenters. The van der Waals surface area contributed by atoms with E-state index in [0.717, 1.165) is 26.4 Å². The fourth-order valence-corrected chi connectivity index (χ4v) is 4.92. The predicted octanol–water partition coefficient (Wildman–Crippen LogP) is 5.52. The van der Waals surface area contributed by atoms with Crippen molar-refractivity contribution in [1.82, 2.24) is 10.2 Å². The average molecular weight is 447 g/mol. The van der Waals surface area contributed by atoms with Crippen LogP contribution in [0.3, 0.4) is 0 Å². The van der Waals surface area contributed by atoms with Crippen molar-refractivity contribution in [2.24, 2.45) is 0 Å². The summed E-state index contributed by atoms with van der Waals surface area (Å²) in [4.78, 5) is 13.6. The first-order valence-electron chi connectivity index (χ1n) is 9.03. The minimum Gasteiger partial charge on any atom is -0.492 e. The van der Waals surface area contributed by atoms with E-state index in [1.165, 1.54) is 23.1 Å². The molecule has 0 saturated heterocycles. The van der Waals surface area contributed by atoms with Crippen molar-refractivity contribution in [3.63, 3.8) is 0 Å². The van der Waals surface area contributed by atoms with Crippen molar-refractivity contribution in [1.29, 1.82) is 0 Å². The molecule has 0 saturated carbocycles. The number of amides is 1. The third kappa shape index (κ3) is 5.88. The summed E-state index contributed by atoms with van der Waals surface area (Å²) in [5.74, 6) is 0.697. The van der Waals surface area contributed by atoms with Gasteiger partial charge in [0.2, 0.25) is 11.0 Å². The quantitative estimate of drug-likeness (QED) is 0.419. The van der Waals surface area contributed by atoms with Crippen molar-refractivity contribution < 1.29 is 9.53 Å². The molecule has 3 rings (SSSR count). The third-order valence-electron chi connectivity index (χ3n) is 3.85. The van der Waals surface area contributed by atoms with Crippen molar-refractivity contribution in [3.05, 3.63) is 48.5 Å². The topological polar surface area (TPSA) is 76.1 Å². The molecule has 2 N–H and O–H groups in total. The Morgan fingerprint density at radius 3 is 2.62 bits per heavy atom. The van der Waals surface area contributed by atoms with Crippen LogP contribution in [-0.2, 0) is 4.79 Å². The molecule has 9 heteroatoms. The summed E-state index contributed by atoms with van der Waals surface area (Å²) in [5, 5.41) is 15.0. The van der Waals surface area contributed by atoms with Crippen LogP contribution < -0.4 is 15.4 Å². The highest BCUT2D eigenvalue weighted by Crippen LogP contribution is 2.33. The van der Waals surface area contributed by atoms with Crippen LogP contribution in [0.2, 0.25) is 0 Å². The number of aromatic nitrogens is 2. The van der Waals surface area contributed by atoms with Gasteiger partial charge in [0.05, 0.1) is 23.2 Å². The van der Waals surface area contributed by atoms with E-state index in [1.807, 2.05) is 68.6 Å². The number of nitrogens with one attached hydrogen (secondary N) is 2. The lowest BCUT2D eigenvalue weighted by Gasteiger charge is -2.12. The molecule has 0 aliphatic carbocycles. The lowest BCUT2D eigenvalue weighted by atomic mass is 10.3. The van der Waals surface area contributed by atoms with Gasteiger partial charge in [0, 0.05) is 4.90 Å². The highest BCUT2D eigenvalue weighted by Gasteiger charge is 2.18. The fraction of sp³-hybridized carbons (Fsp3) is 0.250. The molecule has 152 valence electrons. The second-order valence-electron chi connectivity index (χ2n) is 5.88. The Kier molecular flexibility index (Phi) is 7.79. The zero-order valence-electron chi connectivity index (χ0n) is 16.3. The Hall–Kier alpha value is -2.23. The van der Waals surface area contributed by atoms with Crippen LogP contribution in [0, 0.1) is 0 Å². The summed E-state index contributed by atoms with van der Waals surface area (Å²) in [6, 6.07) is 15.5. The average Bonchev–Trinajstić information content (AvgIpc) is 3.16. The number of rotatable bonds is 9. The van der Waals surface area contributed by atoms with E-state index in [1.54, 1.807) is 11.8 Å². The van der Waals surface area contributed by atoms with Gasteiger partial charge in [0.15, 0.2) is 4.34 Å². The van der Waals surface area contributed by atoms with Crippen molar-refractivity contribution in [3.8, 4) is 5.75 Å². The lowest BCUT2D eigenvalue weighted by Crippen LogP contribution is -2.22. The van der Waals surface area contributed by atoms with Gasteiger partial charge < -0.3 is 15.4 Å². The van der Waals surface area contributed by atoms with Gasteiger partial charge in [0.1, 0.15) is 5.75 Å². The molecule has 0 aliphatic rings. The normalized spacial score (nSPS) is 11.7. The van der Waals surface area contributed by atoms with E-state index >= 15 is 0 Å². The van der Waals surface area contributed by atoms with Gasteiger partial charge in [-0.2, -0.15) is 0 Å². The number of carbonyl (C=O) groups is 1. The summed E-state index contributed by atoms with van der Waals surface area (Å²) in [5.41, 5.74) is 1.66. The van der Waals surface area contributed by atoms with E-state index in [2.05, 4.69) is 20.8 Å². The number of benzene rings is 2. The third-order valence-corrected chi connectivity index (χ3v) is 6.67. The maximum absolute atomic E-state index is 12.6. The van der Waals surface area contributed by atoms with Gasteiger partial charge >= 0.3 is 0 Å². The summed E-state index contributed by atoms with van der Waals surface area (Å²) in [7, 11) is 0. The highest BCUT2D eigenvalue weighted by atomic mass is 32.2. The second kappa shape index (κ2) is 10.5. The summed E-state index contributed by atoms with van der Waals surface area (Å²) >= 11 is 4.39. The number of anilines is 3. The first-order valence-corrected chi connectivity index (χ1v) is 12.0. The fourth-order valence-electron chi connectivity index (χ4n) is 2.46. The number of hydrogen-bond acceptors (Lipinski definition) is 8. The molecule has 3 aromatic rings. The van der Waals surface area contributed by atoms with Crippen LogP contribution in [0.5, 0.6) is 5.75 Å². The van der Waals surface area contributed by atoms with Crippen LogP contribution in [0.25, 0.3) is 0 Å². The molecular weight excluding hydrogens is 424 g/mol.